The molecular weight excluding hydrogens is 382 g/mol. The summed E-state index contributed by atoms with van der Waals surface area (Å²) in [6.07, 6.45) is 5.56. The van der Waals surface area contributed by atoms with E-state index in [0.29, 0.717) is 19.8 Å². The van der Waals surface area contributed by atoms with Crippen LogP contribution in [-0.4, -0.2) is 78.2 Å². The molecule has 0 radical (unpaired) electrons. The molecule has 1 atom stereocenters. The molecule has 1 aromatic heterocycles. The molecule has 5 rings (SSSR count). The molecule has 2 aromatic rings. The highest BCUT2D eigenvalue weighted by atomic mass is 16.6. The van der Waals surface area contributed by atoms with Crippen molar-refractivity contribution in [2.45, 2.75) is 18.9 Å². The molecule has 158 valence electrons. The zero-order valence-electron chi connectivity index (χ0n) is 17.1. The van der Waals surface area contributed by atoms with E-state index in [1.54, 1.807) is 12.4 Å². The van der Waals surface area contributed by atoms with E-state index in [4.69, 9.17) is 9.47 Å². The van der Waals surface area contributed by atoms with Gasteiger partial charge in [-0.2, -0.15) is 0 Å². The monoisotopic (exact) mass is 409 g/mol. The predicted octanol–water partition coefficient (Wildman–Crippen LogP) is 1.73. The summed E-state index contributed by atoms with van der Waals surface area (Å²) in [4.78, 5) is 28.2. The molecule has 30 heavy (non-hydrogen) atoms. The van der Waals surface area contributed by atoms with Gasteiger partial charge in [0.25, 0.3) is 0 Å². The molecule has 8 heteroatoms. The van der Waals surface area contributed by atoms with Gasteiger partial charge in [0.2, 0.25) is 11.9 Å². The molecule has 3 aliphatic heterocycles. The van der Waals surface area contributed by atoms with Crippen LogP contribution in [0.1, 0.15) is 24.4 Å². The van der Waals surface area contributed by atoms with Crippen molar-refractivity contribution in [2.24, 2.45) is 0 Å². The standard InChI is InChI=1S/C22H27N5O3/c28-21(16-25-9-11-26(12-10-25)22-23-6-2-7-24-22)27-8-1-3-18(27)17-4-5-19-20(15-17)30-14-13-29-19/h2,4-7,15,18H,1,3,8-14,16H2/t18-/m0/s1. The van der Waals surface area contributed by atoms with Gasteiger partial charge in [0.1, 0.15) is 13.2 Å². The summed E-state index contributed by atoms with van der Waals surface area (Å²) < 4.78 is 11.4. The van der Waals surface area contributed by atoms with Crippen molar-refractivity contribution >= 4 is 11.9 Å². The van der Waals surface area contributed by atoms with Gasteiger partial charge in [0, 0.05) is 45.1 Å². The molecule has 1 amide bonds. The number of ether oxygens (including phenoxy) is 2. The number of carbonyl (C=O) groups excluding carboxylic acids is 1. The molecule has 0 unspecified atom stereocenters. The fourth-order valence-electron chi connectivity index (χ4n) is 4.52. The maximum Gasteiger partial charge on any atom is 0.237 e. The number of anilines is 1. The minimum Gasteiger partial charge on any atom is -0.486 e. The van der Waals surface area contributed by atoms with E-state index in [1.165, 1.54) is 0 Å². The molecule has 2 fully saturated rings. The quantitative estimate of drug-likeness (QED) is 0.762. The molecule has 4 heterocycles. The Morgan fingerprint density at radius 1 is 1.00 bits per heavy atom. The number of carbonyl (C=O) groups is 1. The predicted molar refractivity (Wildman–Crippen MR) is 112 cm³/mol. The lowest BCUT2D eigenvalue weighted by Gasteiger charge is -2.35. The number of fused-ring (bicyclic) bond motifs is 1. The Morgan fingerprint density at radius 2 is 1.77 bits per heavy atom. The second-order valence-corrected chi connectivity index (χ2v) is 7.96. The van der Waals surface area contributed by atoms with E-state index in [2.05, 4.69) is 25.8 Å². The topological polar surface area (TPSA) is 71.0 Å². The molecule has 3 aliphatic rings. The van der Waals surface area contributed by atoms with Gasteiger partial charge in [-0.25, -0.2) is 9.97 Å². The first-order valence-corrected chi connectivity index (χ1v) is 10.7. The Labute approximate surface area is 176 Å². The van der Waals surface area contributed by atoms with Gasteiger partial charge in [0.15, 0.2) is 11.5 Å². The zero-order valence-corrected chi connectivity index (χ0v) is 17.1. The second-order valence-electron chi connectivity index (χ2n) is 7.96. The normalized spacial score (nSPS) is 21.7. The van der Waals surface area contributed by atoms with Gasteiger partial charge in [-0.15, -0.1) is 0 Å². The minimum absolute atomic E-state index is 0.118. The summed E-state index contributed by atoms with van der Waals surface area (Å²) in [6, 6.07) is 8.03. The first-order valence-electron chi connectivity index (χ1n) is 10.7. The van der Waals surface area contributed by atoms with Crippen molar-refractivity contribution in [3.8, 4) is 11.5 Å². The summed E-state index contributed by atoms with van der Waals surface area (Å²) in [6.45, 7) is 5.79. The van der Waals surface area contributed by atoms with Crippen LogP contribution in [0, 0.1) is 0 Å². The fraction of sp³-hybridized carbons (Fsp3) is 0.500. The maximum atomic E-state index is 13.1. The van der Waals surface area contributed by atoms with Crippen LogP contribution in [0.5, 0.6) is 11.5 Å². The zero-order chi connectivity index (χ0) is 20.3. The van der Waals surface area contributed by atoms with Crippen LogP contribution in [0.4, 0.5) is 5.95 Å². The largest absolute Gasteiger partial charge is 0.486 e. The summed E-state index contributed by atoms with van der Waals surface area (Å²) in [5.74, 6) is 2.55. The third kappa shape index (κ3) is 3.92. The lowest BCUT2D eigenvalue weighted by molar-refractivity contribution is -0.133. The molecule has 0 aliphatic carbocycles. The van der Waals surface area contributed by atoms with E-state index in [0.717, 1.165) is 68.6 Å². The summed E-state index contributed by atoms with van der Waals surface area (Å²) >= 11 is 0. The Hall–Kier alpha value is -2.87. The van der Waals surface area contributed by atoms with Crippen molar-refractivity contribution in [1.82, 2.24) is 19.8 Å². The highest BCUT2D eigenvalue weighted by molar-refractivity contribution is 5.79. The Balaban J connectivity index is 1.20. The molecule has 2 saturated heterocycles. The number of aromatic nitrogens is 2. The molecule has 1 aromatic carbocycles. The molecule has 0 N–H and O–H groups in total. The Bertz CT molecular complexity index is 886. The Morgan fingerprint density at radius 3 is 2.57 bits per heavy atom. The van der Waals surface area contributed by atoms with Gasteiger partial charge in [-0.05, 0) is 36.6 Å². The van der Waals surface area contributed by atoms with Crippen LogP contribution in [-0.2, 0) is 4.79 Å². The van der Waals surface area contributed by atoms with Gasteiger partial charge in [-0.3, -0.25) is 9.69 Å². The third-order valence-corrected chi connectivity index (χ3v) is 6.09. The minimum atomic E-state index is 0.118. The number of hydrogen-bond donors (Lipinski definition) is 0. The average molecular weight is 409 g/mol. The summed E-state index contributed by atoms with van der Waals surface area (Å²) in [5.41, 5.74) is 1.14. The van der Waals surface area contributed by atoms with Gasteiger partial charge >= 0.3 is 0 Å². The maximum absolute atomic E-state index is 13.1. The van der Waals surface area contributed by atoms with Gasteiger partial charge < -0.3 is 19.3 Å². The average Bonchev–Trinajstić information content (AvgIpc) is 3.30. The third-order valence-electron chi connectivity index (χ3n) is 6.09. The summed E-state index contributed by atoms with van der Waals surface area (Å²) in [5, 5.41) is 0. The highest BCUT2D eigenvalue weighted by Gasteiger charge is 2.32. The van der Waals surface area contributed by atoms with Crippen LogP contribution in [0.25, 0.3) is 0 Å². The smallest absolute Gasteiger partial charge is 0.237 e. The van der Waals surface area contributed by atoms with Crippen LogP contribution in [0.15, 0.2) is 36.7 Å². The number of hydrogen-bond acceptors (Lipinski definition) is 7. The van der Waals surface area contributed by atoms with Gasteiger partial charge in [0.05, 0.1) is 12.6 Å². The van der Waals surface area contributed by atoms with E-state index in [-0.39, 0.29) is 11.9 Å². The van der Waals surface area contributed by atoms with E-state index >= 15 is 0 Å². The summed E-state index contributed by atoms with van der Waals surface area (Å²) in [7, 11) is 0. The highest BCUT2D eigenvalue weighted by Crippen LogP contribution is 2.38. The molecule has 0 saturated carbocycles. The van der Waals surface area contributed by atoms with Crippen molar-refractivity contribution in [3.63, 3.8) is 0 Å². The molecule has 0 spiro atoms. The molecule has 0 bridgehead atoms. The van der Waals surface area contributed by atoms with Crippen LogP contribution in [0.2, 0.25) is 0 Å². The molecule has 8 nitrogen and oxygen atoms in total. The van der Waals surface area contributed by atoms with E-state index in [9.17, 15) is 4.79 Å². The fourth-order valence-corrected chi connectivity index (χ4v) is 4.52. The SMILES string of the molecule is O=C(CN1CCN(c2ncccn2)CC1)N1CCC[C@H]1c1ccc2c(c1)OCCO2. The van der Waals surface area contributed by atoms with Crippen LogP contribution < -0.4 is 14.4 Å². The van der Waals surface area contributed by atoms with Crippen molar-refractivity contribution < 1.29 is 14.3 Å². The number of rotatable bonds is 4. The number of amides is 1. The second kappa shape index (κ2) is 8.47. The lowest BCUT2D eigenvalue weighted by atomic mass is 10.0. The van der Waals surface area contributed by atoms with Crippen molar-refractivity contribution in [1.29, 1.82) is 0 Å². The van der Waals surface area contributed by atoms with Crippen LogP contribution >= 0.6 is 0 Å². The number of benzene rings is 1. The lowest BCUT2D eigenvalue weighted by Crippen LogP contribution is -2.50. The number of nitrogens with zero attached hydrogens (tertiary/aromatic N) is 5. The first-order chi connectivity index (χ1) is 14.8. The Kier molecular flexibility index (Phi) is 5.40. The van der Waals surface area contributed by atoms with Crippen molar-refractivity contribution in [3.05, 3.63) is 42.2 Å². The van der Waals surface area contributed by atoms with Gasteiger partial charge in [-0.1, -0.05) is 6.07 Å². The number of likely N-dealkylation sites (tertiary alicyclic amines) is 1. The van der Waals surface area contributed by atoms with E-state index in [1.807, 2.05) is 23.1 Å². The van der Waals surface area contributed by atoms with Crippen molar-refractivity contribution in [2.75, 3.05) is 57.4 Å². The van der Waals surface area contributed by atoms with Crippen LogP contribution in [0.3, 0.4) is 0 Å². The molecular formula is C22H27N5O3. The first kappa shape index (κ1) is 19.1. The van der Waals surface area contributed by atoms with E-state index < -0.39 is 0 Å². The number of piperazine rings is 1.